The van der Waals surface area contributed by atoms with E-state index in [-0.39, 0.29) is 17.2 Å². The molecule has 0 spiro atoms. The van der Waals surface area contributed by atoms with E-state index in [0.29, 0.717) is 40.8 Å². The molecule has 0 saturated heterocycles. The standard InChI is InChI=1S/C23H27N3O3S/c1-4-29-18-11-9-17(10-12-18)24-21(27)15-30-23-25-20-8-6-5-7-19(20)22(28)26(23)14-13-16(2)3/h5-12,16H,4,13-15H2,1-3H3,(H,24,27). The molecule has 0 aliphatic heterocycles. The maximum atomic E-state index is 13.0. The fourth-order valence-electron chi connectivity index (χ4n) is 2.97. The molecule has 0 atom stereocenters. The number of carbonyl (C=O) groups excluding carboxylic acids is 1. The first kappa shape index (κ1) is 21.9. The van der Waals surface area contributed by atoms with E-state index >= 15 is 0 Å². The highest BCUT2D eigenvalue weighted by molar-refractivity contribution is 7.99. The second-order valence-corrected chi connectivity index (χ2v) is 8.29. The molecule has 158 valence electrons. The Morgan fingerprint density at radius 3 is 2.60 bits per heavy atom. The Bertz CT molecular complexity index is 1060. The molecule has 1 amide bonds. The molecule has 0 bridgehead atoms. The second kappa shape index (κ2) is 10.3. The van der Waals surface area contributed by atoms with E-state index in [9.17, 15) is 9.59 Å². The van der Waals surface area contributed by atoms with E-state index in [4.69, 9.17) is 4.74 Å². The maximum absolute atomic E-state index is 13.0. The van der Waals surface area contributed by atoms with E-state index in [1.54, 1.807) is 22.8 Å². The third kappa shape index (κ3) is 5.63. The summed E-state index contributed by atoms with van der Waals surface area (Å²) in [7, 11) is 0. The van der Waals surface area contributed by atoms with E-state index in [0.717, 1.165) is 12.2 Å². The molecule has 3 aromatic rings. The van der Waals surface area contributed by atoms with Crippen molar-refractivity contribution in [3.63, 3.8) is 0 Å². The smallest absolute Gasteiger partial charge is 0.262 e. The van der Waals surface area contributed by atoms with Crippen molar-refractivity contribution in [1.82, 2.24) is 9.55 Å². The Morgan fingerprint density at radius 2 is 1.90 bits per heavy atom. The molecule has 3 rings (SSSR count). The van der Waals surface area contributed by atoms with Crippen molar-refractivity contribution >= 4 is 34.3 Å². The number of nitrogens with one attached hydrogen (secondary N) is 1. The summed E-state index contributed by atoms with van der Waals surface area (Å²) in [5, 5.41) is 4.04. The number of hydrogen-bond donors (Lipinski definition) is 1. The van der Waals surface area contributed by atoms with Crippen LogP contribution in [-0.2, 0) is 11.3 Å². The third-order valence-electron chi connectivity index (χ3n) is 4.54. The number of ether oxygens (including phenoxy) is 1. The molecular weight excluding hydrogens is 398 g/mol. The second-order valence-electron chi connectivity index (χ2n) is 7.35. The van der Waals surface area contributed by atoms with E-state index in [1.807, 2.05) is 37.3 Å². The van der Waals surface area contributed by atoms with Crippen molar-refractivity contribution in [3.05, 3.63) is 58.9 Å². The van der Waals surface area contributed by atoms with Gasteiger partial charge in [-0.1, -0.05) is 37.7 Å². The summed E-state index contributed by atoms with van der Waals surface area (Å²) in [6.07, 6.45) is 0.867. The minimum absolute atomic E-state index is 0.0596. The normalized spacial score (nSPS) is 11.1. The van der Waals surface area contributed by atoms with Gasteiger partial charge in [-0.25, -0.2) is 4.98 Å². The van der Waals surface area contributed by atoms with Gasteiger partial charge in [0.15, 0.2) is 5.16 Å². The van der Waals surface area contributed by atoms with Crippen molar-refractivity contribution in [2.45, 2.75) is 38.9 Å². The van der Waals surface area contributed by atoms with Crippen molar-refractivity contribution in [3.8, 4) is 5.75 Å². The van der Waals surface area contributed by atoms with Gasteiger partial charge in [0.25, 0.3) is 5.56 Å². The first-order valence-corrected chi connectivity index (χ1v) is 11.1. The Morgan fingerprint density at radius 1 is 1.17 bits per heavy atom. The lowest BCUT2D eigenvalue weighted by atomic mass is 10.1. The quantitative estimate of drug-likeness (QED) is 0.401. The minimum atomic E-state index is -0.151. The number of amides is 1. The van der Waals surface area contributed by atoms with Gasteiger partial charge in [0.05, 0.1) is 23.3 Å². The predicted molar refractivity (Wildman–Crippen MR) is 122 cm³/mol. The number of anilines is 1. The van der Waals surface area contributed by atoms with Gasteiger partial charge in [0.1, 0.15) is 5.75 Å². The molecule has 1 N–H and O–H groups in total. The lowest BCUT2D eigenvalue weighted by Gasteiger charge is -2.14. The van der Waals surface area contributed by atoms with E-state index in [2.05, 4.69) is 24.1 Å². The van der Waals surface area contributed by atoms with Gasteiger partial charge in [0.2, 0.25) is 5.91 Å². The fourth-order valence-corrected chi connectivity index (χ4v) is 3.80. The van der Waals surface area contributed by atoms with Crippen LogP contribution in [0.1, 0.15) is 27.2 Å². The molecule has 1 heterocycles. The number of rotatable bonds is 9. The Kier molecular flexibility index (Phi) is 7.52. The van der Waals surface area contributed by atoms with Crippen LogP contribution < -0.4 is 15.6 Å². The van der Waals surface area contributed by atoms with Gasteiger partial charge in [-0.3, -0.25) is 14.2 Å². The lowest BCUT2D eigenvalue weighted by Crippen LogP contribution is -2.25. The molecule has 0 fully saturated rings. The minimum Gasteiger partial charge on any atom is -0.494 e. The molecule has 2 aromatic carbocycles. The zero-order valence-corrected chi connectivity index (χ0v) is 18.4. The molecule has 0 saturated carbocycles. The van der Waals surface area contributed by atoms with Crippen LogP contribution in [0.25, 0.3) is 10.9 Å². The number of aromatic nitrogens is 2. The van der Waals surface area contributed by atoms with E-state index < -0.39 is 0 Å². The number of hydrogen-bond acceptors (Lipinski definition) is 5. The van der Waals surface area contributed by atoms with Crippen LogP contribution in [0, 0.1) is 5.92 Å². The summed E-state index contributed by atoms with van der Waals surface area (Å²) < 4.78 is 7.10. The van der Waals surface area contributed by atoms with Gasteiger partial charge in [-0.15, -0.1) is 0 Å². The summed E-state index contributed by atoms with van der Waals surface area (Å²) in [4.78, 5) is 30.1. The highest BCUT2D eigenvalue weighted by Crippen LogP contribution is 2.20. The maximum Gasteiger partial charge on any atom is 0.262 e. The van der Waals surface area contributed by atoms with Gasteiger partial charge in [0, 0.05) is 12.2 Å². The van der Waals surface area contributed by atoms with Crippen molar-refractivity contribution < 1.29 is 9.53 Å². The average molecular weight is 426 g/mol. The Balaban J connectivity index is 1.74. The number of fused-ring (bicyclic) bond motifs is 1. The van der Waals surface area contributed by atoms with Gasteiger partial charge in [-0.2, -0.15) is 0 Å². The molecule has 30 heavy (non-hydrogen) atoms. The van der Waals surface area contributed by atoms with Crippen LogP contribution in [-0.4, -0.2) is 27.8 Å². The average Bonchev–Trinajstić information content (AvgIpc) is 2.73. The molecule has 6 nitrogen and oxygen atoms in total. The summed E-state index contributed by atoms with van der Waals surface area (Å²) in [5.41, 5.74) is 1.29. The Labute approximate surface area is 180 Å². The molecule has 0 aliphatic rings. The molecule has 7 heteroatoms. The number of nitrogens with zero attached hydrogens (tertiary/aromatic N) is 2. The number of para-hydroxylation sites is 1. The zero-order chi connectivity index (χ0) is 21.5. The summed E-state index contributed by atoms with van der Waals surface area (Å²) >= 11 is 1.28. The zero-order valence-electron chi connectivity index (χ0n) is 17.6. The highest BCUT2D eigenvalue weighted by Gasteiger charge is 2.14. The SMILES string of the molecule is CCOc1ccc(NC(=O)CSc2nc3ccccc3c(=O)n2CCC(C)C)cc1. The van der Waals surface area contributed by atoms with Gasteiger partial charge in [-0.05, 0) is 55.7 Å². The summed E-state index contributed by atoms with van der Waals surface area (Å²) in [5.74, 6) is 1.24. The largest absolute Gasteiger partial charge is 0.494 e. The topological polar surface area (TPSA) is 73.2 Å². The fraction of sp³-hybridized carbons (Fsp3) is 0.348. The third-order valence-corrected chi connectivity index (χ3v) is 5.51. The Hall–Kier alpha value is -2.80. The van der Waals surface area contributed by atoms with Crippen LogP contribution in [0.4, 0.5) is 5.69 Å². The molecule has 0 unspecified atom stereocenters. The number of benzene rings is 2. The van der Waals surface area contributed by atoms with E-state index in [1.165, 1.54) is 11.8 Å². The predicted octanol–water partition coefficient (Wildman–Crippen LogP) is 4.57. The molecule has 0 radical (unpaired) electrons. The summed E-state index contributed by atoms with van der Waals surface area (Å²) in [6.45, 7) is 7.35. The van der Waals surface area contributed by atoms with Crippen LogP contribution >= 0.6 is 11.8 Å². The van der Waals surface area contributed by atoms with Crippen LogP contribution in [0.2, 0.25) is 0 Å². The highest BCUT2D eigenvalue weighted by atomic mass is 32.2. The lowest BCUT2D eigenvalue weighted by molar-refractivity contribution is -0.113. The monoisotopic (exact) mass is 425 g/mol. The number of carbonyl (C=O) groups is 1. The van der Waals surface area contributed by atoms with Crippen molar-refractivity contribution in [2.75, 3.05) is 17.7 Å². The van der Waals surface area contributed by atoms with Gasteiger partial charge >= 0.3 is 0 Å². The summed E-state index contributed by atoms with van der Waals surface area (Å²) in [6, 6.07) is 14.6. The van der Waals surface area contributed by atoms with Gasteiger partial charge < -0.3 is 10.1 Å². The van der Waals surface area contributed by atoms with Crippen LogP contribution in [0.5, 0.6) is 5.75 Å². The molecule has 1 aromatic heterocycles. The van der Waals surface area contributed by atoms with Crippen molar-refractivity contribution in [1.29, 1.82) is 0 Å². The van der Waals surface area contributed by atoms with Crippen LogP contribution in [0.15, 0.2) is 58.5 Å². The molecular formula is C23H27N3O3S. The first-order valence-electron chi connectivity index (χ1n) is 10.1. The first-order chi connectivity index (χ1) is 14.5. The van der Waals surface area contributed by atoms with Crippen LogP contribution in [0.3, 0.4) is 0 Å². The van der Waals surface area contributed by atoms with Crippen molar-refractivity contribution in [2.24, 2.45) is 5.92 Å². The number of thioether (sulfide) groups is 1. The molecule has 0 aliphatic carbocycles.